The van der Waals surface area contributed by atoms with Gasteiger partial charge in [-0.15, -0.1) is 0 Å². The molecule has 7 atom stereocenters. The molecule has 9 heteroatoms. The van der Waals surface area contributed by atoms with Crippen molar-refractivity contribution in [2.45, 2.75) is 179 Å². The first-order chi connectivity index (χ1) is 22.3. The Hall–Kier alpha value is -1.59. The zero-order valence-corrected chi connectivity index (χ0v) is 28.8. The zero-order valence-electron chi connectivity index (χ0n) is 28.8. The van der Waals surface area contributed by atoms with Crippen LogP contribution in [-0.4, -0.2) is 87.5 Å². The van der Waals surface area contributed by atoms with Crippen molar-refractivity contribution in [1.29, 1.82) is 0 Å². The highest BCUT2D eigenvalue weighted by Gasteiger charge is 2.44. The predicted octanol–water partition coefficient (Wildman–Crippen LogP) is 5.77. The molecule has 0 bridgehead atoms. The lowest BCUT2D eigenvalue weighted by atomic mass is 9.99. The van der Waals surface area contributed by atoms with Gasteiger partial charge in [0.15, 0.2) is 6.29 Å². The normalized spacial score (nSPS) is 23.5. The highest BCUT2D eigenvalue weighted by molar-refractivity contribution is 5.73. The number of aliphatic hydroxyl groups is 5. The van der Waals surface area contributed by atoms with Crippen LogP contribution in [0.15, 0.2) is 36.5 Å². The van der Waals surface area contributed by atoms with Crippen molar-refractivity contribution in [2.24, 2.45) is 0 Å². The maximum Gasteiger partial charge on any atom is 0.217 e. The van der Waals surface area contributed by atoms with Gasteiger partial charge in [0.25, 0.3) is 0 Å². The Morgan fingerprint density at radius 1 is 0.717 bits per heavy atom. The van der Waals surface area contributed by atoms with Gasteiger partial charge in [0.05, 0.1) is 25.4 Å². The summed E-state index contributed by atoms with van der Waals surface area (Å²) >= 11 is 0. The van der Waals surface area contributed by atoms with E-state index in [2.05, 4.69) is 36.5 Å². The number of hydrogen-bond acceptors (Lipinski definition) is 8. The van der Waals surface area contributed by atoms with E-state index in [4.69, 9.17) is 9.47 Å². The number of unbranched alkanes of at least 4 members (excludes halogenated alkanes) is 16. The minimum atomic E-state index is -1.57. The van der Waals surface area contributed by atoms with Crippen LogP contribution >= 0.6 is 0 Å². The van der Waals surface area contributed by atoms with Crippen molar-refractivity contribution >= 4 is 5.91 Å². The predicted molar refractivity (Wildman–Crippen MR) is 184 cm³/mol. The first kappa shape index (κ1) is 42.4. The van der Waals surface area contributed by atoms with Gasteiger partial charge in [-0.05, 0) is 38.5 Å². The Kier molecular flexibility index (Phi) is 26.2. The van der Waals surface area contributed by atoms with Crippen LogP contribution in [0, 0.1) is 0 Å². The SMILES string of the molecule is CCCCCCCCCCCCCCCC/C=C/CC/C=C/CC/C=C/C(O)C(COC1OC(CO)C(O)C(O)C1O)NC(C)=O. The highest BCUT2D eigenvalue weighted by Crippen LogP contribution is 2.22. The van der Waals surface area contributed by atoms with Crippen LogP contribution in [0.4, 0.5) is 0 Å². The second-order valence-electron chi connectivity index (χ2n) is 12.7. The number of amides is 1. The number of rotatable bonds is 28. The minimum Gasteiger partial charge on any atom is -0.394 e. The van der Waals surface area contributed by atoms with E-state index >= 15 is 0 Å². The fraction of sp³-hybridized carbons (Fsp3) is 0.811. The van der Waals surface area contributed by atoms with Crippen LogP contribution in [-0.2, 0) is 14.3 Å². The molecule has 7 unspecified atom stereocenters. The summed E-state index contributed by atoms with van der Waals surface area (Å²) in [6, 6.07) is -0.826. The molecule has 0 spiro atoms. The molecular weight excluding hydrogens is 586 g/mol. The van der Waals surface area contributed by atoms with Gasteiger partial charge in [-0.25, -0.2) is 0 Å². The number of nitrogens with one attached hydrogen (secondary N) is 1. The largest absolute Gasteiger partial charge is 0.394 e. The lowest BCUT2D eigenvalue weighted by Crippen LogP contribution is -2.60. The van der Waals surface area contributed by atoms with E-state index in [1.165, 1.54) is 103 Å². The van der Waals surface area contributed by atoms with Crippen LogP contribution in [0.5, 0.6) is 0 Å². The molecule has 1 aliphatic rings. The second-order valence-corrected chi connectivity index (χ2v) is 12.7. The van der Waals surface area contributed by atoms with Crippen molar-refractivity contribution in [3.8, 4) is 0 Å². The van der Waals surface area contributed by atoms with Crippen LogP contribution in [0.3, 0.4) is 0 Å². The molecule has 1 aliphatic heterocycles. The van der Waals surface area contributed by atoms with Crippen LogP contribution in [0.1, 0.15) is 136 Å². The third-order valence-corrected chi connectivity index (χ3v) is 8.48. The average molecular weight is 654 g/mol. The zero-order chi connectivity index (χ0) is 33.8. The van der Waals surface area contributed by atoms with Crippen molar-refractivity contribution in [2.75, 3.05) is 13.2 Å². The van der Waals surface area contributed by atoms with E-state index in [0.717, 1.165) is 25.7 Å². The molecule has 0 aromatic heterocycles. The number of allylic oxidation sites excluding steroid dienone is 5. The first-order valence-electron chi connectivity index (χ1n) is 18.2. The van der Waals surface area contributed by atoms with E-state index in [9.17, 15) is 30.3 Å². The molecule has 1 amide bonds. The third kappa shape index (κ3) is 20.6. The Morgan fingerprint density at radius 3 is 1.70 bits per heavy atom. The summed E-state index contributed by atoms with van der Waals surface area (Å²) in [6.07, 6.45) is 28.4. The molecule has 0 saturated carbocycles. The molecule has 46 heavy (non-hydrogen) atoms. The lowest BCUT2D eigenvalue weighted by Gasteiger charge is -2.40. The molecule has 268 valence electrons. The monoisotopic (exact) mass is 653 g/mol. The Morgan fingerprint density at radius 2 is 1.20 bits per heavy atom. The van der Waals surface area contributed by atoms with Gasteiger partial charge in [0.2, 0.25) is 5.91 Å². The summed E-state index contributed by atoms with van der Waals surface area (Å²) in [4.78, 5) is 11.6. The smallest absolute Gasteiger partial charge is 0.217 e. The van der Waals surface area contributed by atoms with Gasteiger partial charge in [-0.1, -0.05) is 127 Å². The third-order valence-electron chi connectivity index (χ3n) is 8.48. The Balaban J connectivity index is 2.10. The second kappa shape index (κ2) is 28.4. The van der Waals surface area contributed by atoms with E-state index < -0.39 is 49.5 Å². The van der Waals surface area contributed by atoms with Crippen LogP contribution in [0.25, 0.3) is 0 Å². The van der Waals surface area contributed by atoms with Gasteiger partial charge in [0, 0.05) is 6.92 Å². The number of ether oxygens (including phenoxy) is 2. The quantitative estimate of drug-likeness (QED) is 0.0461. The standard InChI is InChI=1S/C37H67NO8/c1-3-4-5-6-7-8-9-10-11-12-13-14-15-16-17-18-19-20-21-22-23-24-25-26-27-32(41)31(38-30(2)40)29-45-37-36(44)35(43)34(42)33(28-39)46-37/h18-19,22-23,26-27,31-37,39,41-44H,3-17,20-21,24-25,28-29H2,1-2H3,(H,38,40)/b19-18+,23-22+,27-26+. The summed E-state index contributed by atoms with van der Waals surface area (Å²) in [7, 11) is 0. The van der Waals surface area contributed by atoms with E-state index in [0.29, 0.717) is 0 Å². The molecule has 0 aromatic carbocycles. The van der Waals surface area contributed by atoms with Crippen LogP contribution in [0.2, 0.25) is 0 Å². The topological polar surface area (TPSA) is 149 Å². The lowest BCUT2D eigenvalue weighted by molar-refractivity contribution is -0.302. The highest BCUT2D eigenvalue weighted by atomic mass is 16.7. The Bertz CT molecular complexity index is 817. The van der Waals surface area contributed by atoms with Gasteiger partial charge in [-0.3, -0.25) is 4.79 Å². The summed E-state index contributed by atoms with van der Waals surface area (Å²) < 4.78 is 10.8. The fourth-order valence-corrected chi connectivity index (χ4v) is 5.57. The van der Waals surface area contributed by atoms with E-state index in [1.54, 1.807) is 6.08 Å². The number of carbonyl (C=O) groups is 1. The van der Waals surface area contributed by atoms with Crippen molar-refractivity contribution in [3.05, 3.63) is 36.5 Å². The molecule has 1 rings (SSSR count). The first-order valence-corrected chi connectivity index (χ1v) is 18.2. The molecule has 9 nitrogen and oxygen atoms in total. The number of hydrogen-bond donors (Lipinski definition) is 6. The molecular formula is C37H67NO8. The van der Waals surface area contributed by atoms with E-state index in [-0.39, 0.29) is 12.5 Å². The molecule has 0 aliphatic carbocycles. The van der Waals surface area contributed by atoms with Gasteiger partial charge in [-0.2, -0.15) is 0 Å². The average Bonchev–Trinajstić information content (AvgIpc) is 3.04. The summed E-state index contributed by atoms with van der Waals surface area (Å²) in [6.45, 7) is 2.80. The fourth-order valence-electron chi connectivity index (χ4n) is 5.57. The van der Waals surface area contributed by atoms with Gasteiger partial charge < -0.3 is 40.3 Å². The minimum absolute atomic E-state index is 0.222. The summed E-state index contributed by atoms with van der Waals surface area (Å²) in [5.41, 5.74) is 0. The number of carbonyl (C=O) groups excluding carboxylic acids is 1. The molecule has 1 saturated heterocycles. The molecule has 6 N–H and O–H groups in total. The maximum absolute atomic E-state index is 11.6. The van der Waals surface area contributed by atoms with Crippen molar-refractivity contribution < 1.29 is 39.8 Å². The summed E-state index contributed by atoms with van der Waals surface area (Å²) in [5, 5.41) is 52.5. The van der Waals surface area contributed by atoms with Crippen molar-refractivity contribution in [1.82, 2.24) is 5.32 Å². The van der Waals surface area contributed by atoms with E-state index in [1.807, 2.05) is 6.08 Å². The molecule has 1 fully saturated rings. The molecule has 0 aromatic rings. The summed E-state index contributed by atoms with van der Waals surface area (Å²) in [5.74, 6) is -0.369. The van der Waals surface area contributed by atoms with Crippen molar-refractivity contribution in [3.63, 3.8) is 0 Å². The number of aliphatic hydroxyl groups excluding tert-OH is 5. The molecule has 1 heterocycles. The maximum atomic E-state index is 11.6. The van der Waals surface area contributed by atoms with Gasteiger partial charge >= 0.3 is 0 Å². The molecule has 0 radical (unpaired) electrons. The van der Waals surface area contributed by atoms with Gasteiger partial charge in [0.1, 0.15) is 24.4 Å². The van der Waals surface area contributed by atoms with Crippen LogP contribution < -0.4 is 5.32 Å². The Labute approximate surface area is 279 Å².